The highest BCUT2D eigenvalue weighted by molar-refractivity contribution is 5.79. The van der Waals surface area contributed by atoms with Crippen molar-refractivity contribution in [2.45, 2.75) is 57.4 Å². The predicted octanol–water partition coefficient (Wildman–Crippen LogP) is 4.11. The first kappa shape index (κ1) is 16.4. The average molecular weight is 311 g/mol. The second kappa shape index (κ2) is 8.42. The minimum Gasteiger partial charge on any atom is -0.330 e. The van der Waals surface area contributed by atoms with Crippen LogP contribution in [-0.2, 0) is 6.42 Å². The van der Waals surface area contributed by atoms with Crippen LogP contribution in [0.3, 0.4) is 0 Å². The van der Waals surface area contributed by atoms with Crippen LogP contribution in [0.25, 0.3) is 10.9 Å². The molecule has 1 aliphatic rings. The maximum Gasteiger partial charge on any atom is 0.0705 e. The summed E-state index contributed by atoms with van der Waals surface area (Å²) >= 11 is 0. The summed E-state index contributed by atoms with van der Waals surface area (Å²) < 4.78 is 0. The summed E-state index contributed by atoms with van der Waals surface area (Å²) in [6, 6.07) is 11.3. The van der Waals surface area contributed by atoms with Crippen molar-refractivity contribution in [3.05, 3.63) is 41.6 Å². The molecule has 1 aromatic heterocycles. The smallest absolute Gasteiger partial charge is 0.0705 e. The molecule has 1 atom stereocenters. The van der Waals surface area contributed by atoms with E-state index < -0.39 is 0 Å². The van der Waals surface area contributed by atoms with Crippen molar-refractivity contribution < 1.29 is 0 Å². The lowest BCUT2D eigenvalue weighted by Gasteiger charge is -2.26. The van der Waals surface area contributed by atoms with Crippen molar-refractivity contribution >= 4 is 10.9 Å². The number of benzene rings is 1. The molecule has 3 nitrogen and oxygen atoms in total. The Bertz CT molecular complexity index is 623. The van der Waals surface area contributed by atoms with Crippen molar-refractivity contribution in [3.8, 4) is 0 Å². The Hall–Kier alpha value is -1.45. The third-order valence-electron chi connectivity index (χ3n) is 4.89. The fourth-order valence-electron chi connectivity index (χ4n) is 3.59. The van der Waals surface area contributed by atoms with Gasteiger partial charge in [-0.3, -0.25) is 4.98 Å². The number of aryl methyl sites for hydroxylation is 1. The lowest BCUT2D eigenvalue weighted by Crippen LogP contribution is -2.26. The van der Waals surface area contributed by atoms with Crippen molar-refractivity contribution in [3.63, 3.8) is 0 Å². The average Bonchev–Trinajstić information content (AvgIpc) is 2.59. The van der Waals surface area contributed by atoms with E-state index in [-0.39, 0.29) is 0 Å². The Balaban J connectivity index is 1.57. The van der Waals surface area contributed by atoms with Crippen LogP contribution in [0.4, 0.5) is 0 Å². The third-order valence-corrected chi connectivity index (χ3v) is 4.89. The molecule has 2 aromatic rings. The van der Waals surface area contributed by atoms with Crippen LogP contribution in [0.2, 0.25) is 0 Å². The van der Waals surface area contributed by atoms with Crippen LogP contribution in [0, 0.1) is 0 Å². The van der Waals surface area contributed by atoms with Gasteiger partial charge in [0.25, 0.3) is 0 Å². The van der Waals surface area contributed by atoms with E-state index in [9.17, 15) is 0 Å². The summed E-state index contributed by atoms with van der Waals surface area (Å²) in [6.45, 7) is 1.94. The molecule has 3 rings (SSSR count). The Morgan fingerprint density at radius 2 is 1.91 bits per heavy atom. The molecule has 0 aliphatic heterocycles. The van der Waals surface area contributed by atoms with Gasteiger partial charge in [-0.1, -0.05) is 37.5 Å². The number of hydrogen-bond donors (Lipinski definition) is 2. The summed E-state index contributed by atoms with van der Waals surface area (Å²) in [5, 5.41) is 5.03. The van der Waals surface area contributed by atoms with Crippen molar-refractivity contribution in [2.75, 3.05) is 13.1 Å². The molecule has 0 bridgehead atoms. The lowest BCUT2D eigenvalue weighted by atomic mass is 9.90. The van der Waals surface area contributed by atoms with E-state index in [1.165, 1.54) is 61.6 Å². The zero-order valence-corrected chi connectivity index (χ0v) is 14.1. The van der Waals surface area contributed by atoms with Gasteiger partial charge in [0.05, 0.1) is 5.52 Å². The molecule has 23 heavy (non-hydrogen) atoms. The van der Waals surface area contributed by atoms with Gasteiger partial charge in [-0.15, -0.1) is 0 Å². The molecule has 0 radical (unpaired) electrons. The number of pyridine rings is 1. The number of aromatic nitrogens is 1. The van der Waals surface area contributed by atoms with Gasteiger partial charge in [0.2, 0.25) is 0 Å². The summed E-state index contributed by atoms with van der Waals surface area (Å²) in [7, 11) is 0. The fraction of sp³-hybridized carbons (Fsp3) is 0.550. The molecule has 3 N–H and O–H groups in total. The number of nitrogens with two attached hydrogens (primary N) is 1. The first-order chi connectivity index (χ1) is 11.4. The standard InChI is InChI=1S/C20H29N3/c21-13-6-2-1-3-7-14-22-19-11-8-12-20-17(19)15-16-9-4-5-10-18(16)23-20/h4-5,9-10,15,19,22H,1-3,6-8,11-14,21H2. The summed E-state index contributed by atoms with van der Waals surface area (Å²) in [4.78, 5) is 4.89. The maximum absolute atomic E-state index is 5.53. The van der Waals surface area contributed by atoms with Gasteiger partial charge in [0.15, 0.2) is 0 Å². The van der Waals surface area contributed by atoms with Crippen molar-refractivity contribution in [1.29, 1.82) is 0 Å². The molecule has 1 heterocycles. The van der Waals surface area contributed by atoms with Crippen molar-refractivity contribution in [1.82, 2.24) is 10.3 Å². The maximum atomic E-state index is 5.53. The van der Waals surface area contributed by atoms with E-state index in [1.807, 2.05) is 0 Å². The molecule has 1 aromatic carbocycles. The van der Waals surface area contributed by atoms with Gasteiger partial charge in [-0.25, -0.2) is 0 Å². The second-order valence-corrected chi connectivity index (χ2v) is 6.67. The van der Waals surface area contributed by atoms with E-state index in [2.05, 4.69) is 35.6 Å². The minimum atomic E-state index is 0.486. The van der Waals surface area contributed by atoms with Gasteiger partial charge >= 0.3 is 0 Å². The molecule has 0 amide bonds. The lowest BCUT2D eigenvalue weighted by molar-refractivity contribution is 0.445. The number of unbranched alkanes of at least 4 members (excludes halogenated alkanes) is 4. The van der Waals surface area contributed by atoms with Crippen LogP contribution < -0.4 is 11.1 Å². The molecule has 0 saturated heterocycles. The highest BCUT2D eigenvalue weighted by Gasteiger charge is 2.21. The predicted molar refractivity (Wildman–Crippen MR) is 97.6 cm³/mol. The molecule has 0 spiro atoms. The summed E-state index contributed by atoms with van der Waals surface area (Å²) in [5.74, 6) is 0. The highest BCUT2D eigenvalue weighted by Crippen LogP contribution is 2.31. The number of para-hydroxylation sites is 1. The van der Waals surface area contributed by atoms with Crippen molar-refractivity contribution in [2.24, 2.45) is 5.73 Å². The van der Waals surface area contributed by atoms with Gasteiger partial charge in [0.1, 0.15) is 0 Å². The molecule has 3 heteroatoms. The van der Waals surface area contributed by atoms with E-state index in [0.29, 0.717) is 6.04 Å². The number of nitrogens with zero attached hydrogens (tertiary/aromatic N) is 1. The molecule has 0 fully saturated rings. The van der Waals surface area contributed by atoms with Gasteiger partial charge in [0, 0.05) is 17.1 Å². The van der Waals surface area contributed by atoms with Crippen LogP contribution in [0.15, 0.2) is 30.3 Å². The first-order valence-corrected chi connectivity index (χ1v) is 9.20. The largest absolute Gasteiger partial charge is 0.330 e. The number of rotatable bonds is 8. The SMILES string of the molecule is NCCCCCCCNC1CCCc2nc3ccccc3cc21. The van der Waals surface area contributed by atoms with E-state index in [1.54, 1.807) is 0 Å². The molecule has 1 aliphatic carbocycles. The Morgan fingerprint density at radius 3 is 2.83 bits per heavy atom. The van der Waals surface area contributed by atoms with E-state index in [4.69, 9.17) is 10.7 Å². The van der Waals surface area contributed by atoms with Gasteiger partial charge in [-0.05, 0) is 62.9 Å². The van der Waals surface area contributed by atoms with Crippen LogP contribution in [-0.4, -0.2) is 18.1 Å². The molecular formula is C20H29N3. The van der Waals surface area contributed by atoms with Crippen LogP contribution in [0.1, 0.15) is 62.2 Å². The quantitative estimate of drug-likeness (QED) is 0.721. The monoisotopic (exact) mass is 311 g/mol. The molecule has 124 valence electrons. The number of fused-ring (bicyclic) bond motifs is 2. The van der Waals surface area contributed by atoms with Gasteiger partial charge in [-0.2, -0.15) is 0 Å². The zero-order valence-electron chi connectivity index (χ0n) is 14.1. The van der Waals surface area contributed by atoms with Gasteiger partial charge < -0.3 is 11.1 Å². The summed E-state index contributed by atoms with van der Waals surface area (Å²) in [6.07, 6.45) is 9.93. The molecule has 0 saturated carbocycles. The van der Waals surface area contributed by atoms with Crippen LogP contribution in [0.5, 0.6) is 0 Å². The normalized spacial score (nSPS) is 17.3. The highest BCUT2D eigenvalue weighted by atomic mass is 14.9. The zero-order chi connectivity index (χ0) is 15.9. The second-order valence-electron chi connectivity index (χ2n) is 6.67. The van der Waals surface area contributed by atoms with E-state index >= 15 is 0 Å². The van der Waals surface area contributed by atoms with Crippen LogP contribution >= 0.6 is 0 Å². The Kier molecular flexibility index (Phi) is 6.00. The third kappa shape index (κ3) is 4.30. The first-order valence-electron chi connectivity index (χ1n) is 9.20. The number of nitrogens with one attached hydrogen (secondary N) is 1. The molecule has 1 unspecified atom stereocenters. The Morgan fingerprint density at radius 1 is 1.09 bits per heavy atom. The topological polar surface area (TPSA) is 50.9 Å². The van der Waals surface area contributed by atoms with E-state index in [0.717, 1.165) is 25.0 Å². The summed E-state index contributed by atoms with van der Waals surface area (Å²) in [5.41, 5.74) is 9.39. The molecular weight excluding hydrogens is 282 g/mol. The minimum absolute atomic E-state index is 0.486. The Labute approximate surface area is 139 Å². The fourth-order valence-corrected chi connectivity index (χ4v) is 3.59. The number of hydrogen-bond acceptors (Lipinski definition) is 3.